The van der Waals surface area contributed by atoms with Crippen LogP contribution in [-0.2, 0) is 0 Å². The molecule has 0 unspecified atom stereocenters. The van der Waals surface area contributed by atoms with Gasteiger partial charge in [-0.25, -0.2) is 0 Å². The molecule has 1 aromatic rings. The third-order valence-electron chi connectivity index (χ3n) is 3.01. The monoisotopic (exact) mass is 263 g/mol. The number of nitrogen functional groups attached to an aromatic ring is 1. The van der Waals surface area contributed by atoms with Crippen LogP contribution in [0.1, 0.15) is 57.6 Å². The van der Waals surface area contributed by atoms with Gasteiger partial charge < -0.3 is 11.1 Å². The molecule has 0 saturated carbocycles. The third kappa shape index (κ3) is 5.88. The number of benzene rings is 1. The zero-order valence-corrected chi connectivity index (χ0v) is 12.8. The Bertz CT molecular complexity index is 355. The topological polar surface area (TPSA) is 61.9 Å². The predicted octanol–water partition coefficient (Wildman–Crippen LogP) is 3.49. The molecule has 4 N–H and O–H groups in total. The van der Waals surface area contributed by atoms with Crippen LogP contribution in [0.5, 0.6) is 0 Å². The number of nitrogens with one attached hydrogen (secondary N) is 2. The molecule has 108 valence electrons. The van der Waals surface area contributed by atoms with E-state index in [1.807, 2.05) is 39.8 Å². The lowest BCUT2D eigenvalue weighted by Crippen LogP contribution is -2.26. The predicted molar refractivity (Wildman–Crippen MR) is 85.0 cm³/mol. The average Bonchev–Trinajstić information content (AvgIpc) is 2.52. The third-order valence-corrected chi connectivity index (χ3v) is 3.01. The molecule has 1 saturated heterocycles. The standard InChI is InChI=1S/C12H17N3.2C2H6/c13-12(14)11-3-1-2-10(8-11)9-4-6-15-7-5-9;2*1-2/h1-3,8-9,15H,4-7H2,(H3,13,14);2*1-2H3. The highest BCUT2D eigenvalue weighted by Crippen LogP contribution is 2.25. The zero-order chi connectivity index (χ0) is 14.7. The van der Waals surface area contributed by atoms with Crippen molar-refractivity contribution in [3.05, 3.63) is 35.4 Å². The number of rotatable bonds is 2. The lowest BCUT2D eigenvalue weighted by atomic mass is 9.89. The molecule has 0 aromatic heterocycles. The maximum absolute atomic E-state index is 7.41. The minimum absolute atomic E-state index is 0.158. The van der Waals surface area contributed by atoms with Crippen LogP contribution < -0.4 is 11.1 Å². The van der Waals surface area contributed by atoms with Gasteiger partial charge in [0.25, 0.3) is 0 Å². The summed E-state index contributed by atoms with van der Waals surface area (Å²) in [6.45, 7) is 10.2. The van der Waals surface area contributed by atoms with E-state index >= 15 is 0 Å². The quantitative estimate of drug-likeness (QED) is 0.565. The summed E-state index contributed by atoms with van der Waals surface area (Å²) in [7, 11) is 0. The van der Waals surface area contributed by atoms with Crippen LogP contribution >= 0.6 is 0 Å². The highest BCUT2D eigenvalue weighted by Gasteiger charge is 2.15. The molecule has 1 aliphatic heterocycles. The van der Waals surface area contributed by atoms with Crippen molar-refractivity contribution in [1.29, 1.82) is 5.41 Å². The van der Waals surface area contributed by atoms with Crippen LogP contribution in [0.15, 0.2) is 24.3 Å². The van der Waals surface area contributed by atoms with Gasteiger partial charge in [-0.15, -0.1) is 0 Å². The molecule has 19 heavy (non-hydrogen) atoms. The van der Waals surface area contributed by atoms with Crippen LogP contribution in [-0.4, -0.2) is 18.9 Å². The number of hydrogen-bond donors (Lipinski definition) is 3. The molecular weight excluding hydrogens is 234 g/mol. The number of piperidine rings is 1. The summed E-state index contributed by atoms with van der Waals surface area (Å²) in [5.74, 6) is 0.788. The van der Waals surface area contributed by atoms with Crippen molar-refractivity contribution >= 4 is 5.84 Å². The fraction of sp³-hybridized carbons (Fsp3) is 0.562. The maximum atomic E-state index is 7.41. The van der Waals surface area contributed by atoms with E-state index in [2.05, 4.69) is 17.4 Å². The van der Waals surface area contributed by atoms with Crippen molar-refractivity contribution in [2.75, 3.05) is 13.1 Å². The van der Waals surface area contributed by atoms with Crippen LogP contribution in [0, 0.1) is 5.41 Å². The summed E-state index contributed by atoms with van der Waals surface area (Å²) in [5, 5.41) is 10.8. The van der Waals surface area contributed by atoms with E-state index in [4.69, 9.17) is 11.1 Å². The molecule has 1 fully saturated rings. The van der Waals surface area contributed by atoms with Crippen molar-refractivity contribution in [1.82, 2.24) is 5.32 Å². The molecule has 3 nitrogen and oxygen atoms in total. The number of nitrogens with two attached hydrogens (primary N) is 1. The molecule has 2 rings (SSSR count). The second-order valence-electron chi connectivity index (χ2n) is 4.06. The second-order valence-corrected chi connectivity index (χ2v) is 4.06. The molecule has 1 heterocycles. The molecular formula is C16H29N3. The van der Waals surface area contributed by atoms with Gasteiger partial charge in [-0.05, 0) is 43.5 Å². The van der Waals surface area contributed by atoms with Gasteiger partial charge in [0.05, 0.1) is 0 Å². The Balaban J connectivity index is 0.000000741. The normalized spacial score (nSPS) is 14.5. The van der Waals surface area contributed by atoms with Crippen molar-refractivity contribution in [3.8, 4) is 0 Å². The maximum Gasteiger partial charge on any atom is 0.122 e. The van der Waals surface area contributed by atoms with Gasteiger partial charge in [-0.3, -0.25) is 5.41 Å². The van der Waals surface area contributed by atoms with Crippen LogP contribution in [0.2, 0.25) is 0 Å². The molecule has 0 atom stereocenters. The Kier molecular flexibility index (Phi) is 9.81. The fourth-order valence-electron chi connectivity index (χ4n) is 2.12. The van der Waals surface area contributed by atoms with Gasteiger partial charge in [0.15, 0.2) is 0 Å². The minimum atomic E-state index is 0.158. The zero-order valence-electron chi connectivity index (χ0n) is 12.8. The molecule has 1 aromatic carbocycles. The van der Waals surface area contributed by atoms with Gasteiger partial charge in [0.2, 0.25) is 0 Å². The van der Waals surface area contributed by atoms with Crippen molar-refractivity contribution < 1.29 is 0 Å². The largest absolute Gasteiger partial charge is 0.384 e. The first-order valence-electron chi connectivity index (χ1n) is 7.42. The summed E-state index contributed by atoms with van der Waals surface area (Å²) in [5.41, 5.74) is 7.65. The molecule has 3 heteroatoms. The summed E-state index contributed by atoms with van der Waals surface area (Å²) >= 11 is 0. The highest BCUT2D eigenvalue weighted by molar-refractivity contribution is 5.95. The summed E-state index contributed by atoms with van der Waals surface area (Å²) in [6.07, 6.45) is 2.36. The van der Waals surface area contributed by atoms with E-state index in [0.717, 1.165) is 18.7 Å². The molecule has 0 spiro atoms. The summed E-state index contributed by atoms with van der Waals surface area (Å²) in [6, 6.07) is 8.09. The van der Waals surface area contributed by atoms with E-state index in [-0.39, 0.29) is 5.84 Å². The van der Waals surface area contributed by atoms with Crippen LogP contribution in [0.3, 0.4) is 0 Å². The molecule has 1 aliphatic rings. The van der Waals surface area contributed by atoms with Crippen LogP contribution in [0.4, 0.5) is 0 Å². The summed E-state index contributed by atoms with van der Waals surface area (Å²) < 4.78 is 0. The Morgan fingerprint density at radius 2 is 1.74 bits per heavy atom. The number of hydrogen-bond acceptors (Lipinski definition) is 2. The van der Waals surface area contributed by atoms with Gasteiger partial charge in [0.1, 0.15) is 5.84 Å². The molecule has 0 radical (unpaired) electrons. The molecule has 0 amide bonds. The Morgan fingerprint density at radius 1 is 1.16 bits per heavy atom. The van der Waals surface area contributed by atoms with Gasteiger partial charge in [-0.1, -0.05) is 45.9 Å². The Morgan fingerprint density at radius 3 is 2.26 bits per heavy atom. The molecule has 0 bridgehead atoms. The van der Waals surface area contributed by atoms with Gasteiger partial charge >= 0.3 is 0 Å². The minimum Gasteiger partial charge on any atom is -0.384 e. The van der Waals surface area contributed by atoms with Crippen LogP contribution in [0.25, 0.3) is 0 Å². The van der Waals surface area contributed by atoms with E-state index < -0.39 is 0 Å². The smallest absolute Gasteiger partial charge is 0.122 e. The summed E-state index contributed by atoms with van der Waals surface area (Å²) in [4.78, 5) is 0. The van der Waals surface area contributed by atoms with Crippen molar-refractivity contribution in [2.24, 2.45) is 5.73 Å². The SMILES string of the molecule is CC.CC.N=C(N)c1cccc(C2CCNCC2)c1. The number of amidine groups is 1. The van der Waals surface area contributed by atoms with Gasteiger partial charge in [0, 0.05) is 5.56 Å². The molecule has 0 aliphatic carbocycles. The van der Waals surface area contributed by atoms with Gasteiger partial charge in [-0.2, -0.15) is 0 Å². The highest BCUT2D eigenvalue weighted by atomic mass is 14.9. The first kappa shape index (κ1) is 17.6. The van der Waals surface area contributed by atoms with E-state index in [1.165, 1.54) is 18.4 Å². The fourth-order valence-corrected chi connectivity index (χ4v) is 2.12. The average molecular weight is 263 g/mol. The van der Waals surface area contributed by atoms with Crippen molar-refractivity contribution in [3.63, 3.8) is 0 Å². The van der Waals surface area contributed by atoms with E-state index in [9.17, 15) is 0 Å². The lowest BCUT2D eigenvalue weighted by molar-refractivity contribution is 0.460. The van der Waals surface area contributed by atoms with E-state index in [0.29, 0.717) is 5.92 Å². The lowest BCUT2D eigenvalue weighted by Gasteiger charge is -2.23. The second kappa shape index (κ2) is 10.6. The van der Waals surface area contributed by atoms with Crippen molar-refractivity contribution in [2.45, 2.75) is 46.5 Å². The first-order chi connectivity index (χ1) is 9.27. The Hall–Kier alpha value is -1.35. The Labute approximate surface area is 118 Å². The van der Waals surface area contributed by atoms with E-state index in [1.54, 1.807) is 0 Å². The first-order valence-corrected chi connectivity index (χ1v) is 7.42.